The molecule has 2 aromatic rings. The van der Waals surface area contributed by atoms with E-state index in [1.807, 2.05) is 18.2 Å². The minimum Gasteiger partial charge on any atom is -0.354 e. The third kappa shape index (κ3) is 4.03. The Kier molecular flexibility index (Phi) is 6.02. The molecule has 1 N–H and O–H groups in total. The summed E-state index contributed by atoms with van der Waals surface area (Å²) < 4.78 is 13.3. The van der Waals surface area contributed by atoms with Crippen LogP contribution in [0.15, 0.2) is 59.1 Å². The predicted molar refractivity (Wildman–Crippen MR) is 107 cm³/mol. The van der Waals surface area contributed by atoms with Crippen molar-refractivity contribution in [3.05, 3.63) is 75.5 Å². The quantitative estimate of drug-likeness (QED) is 0.611. The summed E-state index contributed by atoms with van der Waals surface area (Å²) in [5.41, 5.74) is 1.13. The predicted octanol–water partition coefficient (Wildman–Crippen LogP) is 3.65. The van der Waals surface area contributed by atoms with Crippen LogP contribution in [0.5, 0.6) is 0 Å². The number of anilines is 1. The van der Waals surface area contributed by atoms with Gasteiger partial charge >= 0.3 is 0 Å². The number of nitrogens with zero attached hydrogens (tertiary/aromatic N) is 2. The fraction of sp³-hybridized carbons (Fsp3) is 0.150. The maximum Gasteiger partial charge on any atom is 0.264 e. The monoisotopic (exact) mass is 415 g/mol. The maximum absolute atomic E-state index is 13.3. The van der Waals surface area contributed by atoms with Crippen LogP contribution in [0.3, 0.4) is 0 Å². The van der Waals surface area contributed by atoms with Crippen molar-refractivity contribution in [3.8, 4) is 6.07 Å². The van der Waals surface area contributed by atoms with Crippen molar-refractivity contribution in [2.45, 2.75) is 11.7 Å². The molecule has 1 saturated heterocycles. The van der Waals surface area contributed by atoms with Crippen molar-refractivity contribution in [2.24, 2.45) is 0 Å². The molecule has 1 heterocycles. The molecule has 0 aliphatic carbocycles. The Hall–Kier alpha value is -2.82. The SMILES string of the molecule is CNC(=O)C(C#N)=C1SC(Cc2ccc(Cl)cc2)C(=O)N1c1ccc(F)cc1. The molecule has 8 heteroatoms. The minimum atomic E-state index is -0.586. The number of amides is 2. The maximum atomic E-state index is 13.3. The van der Waals surface area contributed by atoms with E-state index in [0.29, 0.717) is 17.1 Å². The molecule has 1 atom stereocenters. The van der Waals surface area contributed by atoms with E-state index in [1.54, 1.807) is 12.1 Å². The molecule has 1 aliphatic rings. The summed E-state index contributed by atoms with van der Waals surface area (Å²) in [4.78, 5) is 26.6. The Morgan fingerprint density at radius 3 is 2.46 bits per heavy atom. The lowest BCUT2D eigenvalue weighted by Gasteiger charge is -2.18. The highest BCUT2D eigenvalue weighted by atomic mass is 35.5. The third-order valence-electron chi connectivity index (χ3n) is 4.15. The van der Waals surface area contributed by atoms with Crippen LogP contribution in [0.1, 0.15) is 5.56 Å². The lowest BCUT2D eigenvalue weighted by Crippen LogP contribution is -2.31. The zero-order valence-electron chi connectivity index (χ0n) is 14.8. The first-order chi connectivity index (χ1) is 13.4. The molecule has 5 nitrogen and oxygen atoms in total. The molecule has 3 rings (SSSR count). The van der Waals surface area contributed by atoms with E-state index in [9.17, 15) is 19.2 Å². The van der Waals surface area contributed by atoms with Gasteiger partial charge in [0.05, 0.1) is 5.25 Å². The first kappa shape index (κ1) is 19.9. The third-order valence-corrected chi connectivity index (χ3v) is 5.67. The number of nitriles is 1. The second-order valence-electron chi connectivity index (χ2n) is 5.96. The van der Waals surface area contributed by atoms with Gasteiger partial charge in [-0.15, -0.1) is 0 Å². The number of carbonyl (C=O) groups is 2. The molecule has 0 saturated carbocycles. The van der Waals surface area contributed by atoms with E-state index in [2.05, 4.69) is 5.32 Å². The molecule has 2 aromatic carbocycles. The zero-order valence-corrected chi connectivity index (χ0v) is 16.4. The van der Waals surface area contributed by atoms with Gasteiger partial charge in [-0.3, -0.25) is 14.5 Å². The van der Waals surface area contributed by atoms with E-state index in [1.165, 1.54) is 36.2 Å². The van der Waals surface area contributed by atoms with Gasteiger partial charge < -0.3 is 5.32 Å². The summed E-state index contributed by atoms with van der Waals surface area (Å²) in [6.45, 7) is 0. The summed E-state index contributed by atoms with van der Waals surface area (Å²) in [5.74, 6) is -1.31. The second-order valence-corrected chi connectivity index (χ2v) is 7.59. The van der Waals surface area contributed by atoms with Gasteiger partial charge in [0.15, 0.2) is 0 Å². The highest BCUT2D eigenvalue weighted by Crippen LogP contribution is 2.41. The standard InChI is InChI=1S/C20H15ClFN3O2S/c1-24-18(26)16(11-23)20-25(15-8-6-14(22)7-9-15)19(27)17(28-20)10-12-2-4-13(21)5-3-12/h2-9,17H,10H2,1H3,(H,24,26). The van der Waals surface area contributed by atoms with Gasteiger partial charge in [-0.1, -0.05) is 35.5 Å². The molecule has 1 unspecified atom stereocenters. The summed E-state index contributed by atoms with van der Waals surface area (Å²) >= 11 is 7.06. The highest BCUT2D eigenvalue weighted by molar-refractivity contribution is 8.05. The number of halogens is 2. The van der Waals surface area contributed by atoms with Crippen LogP contribution in [0.25, 0.3) is 0 Å². The fourth-order valence-corrected chi connectivity index (χ4v) is 4.21. The van der Waals surface area contributed by atoms with Gasteiger partial charge in [0.1, 0.15) is 22.5 Å². The molecule has 0 radical (unpaired) electrons. The molecule has 0 aromatic heterocycles. The Balaban J connectivity index is 2.03. The van der Waals surface area contributed by atoms with Crippen LogP contribution in [0.2, 0.25) is 5.02 Å². The van der Waals surface area contributed by atoms with Crippen LogP contribution in [0, 0.1) is 17.1 Å². The fourth-order valence-electron chi connectivity index (χ4n) is 2.77. The number of hydrogen-bond acceptors (Lipinski definition) is 4. The molecular weight excluding hydrogens is 401 g/mol. The van der Waals surface area contributed by atoms with E-state index >= 15 is 0 Å². The van der Waals surface area contributed by atoms with Crippen molar-refractivity contribution in [2.75, 3.05) is 11.9 Å². The van der Waals surface area contributed by atoms with Gasteiger partial charge in [-0.2, -0.15) is 5.26 Å². The first-order valence-electron chi connectivity index (χ1n) is 8.31. The lowest BCUT2D eigenvalue weighted by molar-refractivity contribution is -0.117. The number of thioether (sulfide) groups is 1. The van der Waals surface area contributed by atoms with Crippen molar-refractivity contribution in [1.29, 1.82) is 5.26 Å². The molecule has 1 aliphatic heterocycles. The molecule has 1 fully saturated rings. The normalized spacial score (nSPS) is 18.0. The Labute approximate surface area is 170 Å². The minimum absolute atomic E-state index is 0.163. The van der Waals surface area contributed by atoms with E-state index in [0.717, 1.165) is 17.3 Å². The van der Waals surface area contributed by atoms with Gasteiger partial charge in [0, 0.05) is 17.8 Å². The summed E-state index contributed by atoms with van der Waals surface area (Å²) in [6, 6.07) is 14.3. The lowest BCUT2D eigenvalue weighted by atomic mass is 10.1. The average Bonchev–Trinajstić information content (AvgIpc) is 3.00. The van der Waals surface area contributed by atoms with E-state index in [-0.39, 0.29) is 16.5 Å². The van der Waals surface area contributed by atoms with Gasteiger partial charge in [0.2, 0.25) is 5.91 Å². The van der Waals surface area contributed by atoms with Crippen LogP contribution >= 0.6 is 23.4 Å². The number of hydrogen-bond donors (Lipinski definition) is 1. The Morgan fingerprint density at radius 1 is 1.25 bits per heavy atom. The van der Waals surface area contributed by atoms with Crippen molar-refractivity contribution in [3.63, 3.8) is 0 Å². The van der Waals surface area contributed by atoms with Crippen LogP contribution in [-0.4, -0.2) is 24.1 Å². The Morgan fingerprint density at radius 2 is 1.89 bits per heavy atom. The molecule has 2 amide bonds. The molecule has 0 spiro atoms. The number of carbonyl (C=O) groups excluding carboxylic acids is 2. The molecule has 142 valence electrons. The van der Waals surface area contributed by atoms with Crippen LogP contribution in [-0.2, 0) is 16.0 Å². The number of likely N-dealkylation sites (N-methyl/N-ethyl adjacent to an activating group) is 1. The summed E-state index contributed by atoms with van der Waals surface area (Å²) in [7, 11) is 1.41. The number of benzene rings is 2. The largest absolute Gasteiger partial charge is 0.354 e. The molecule has 28 heavy (non-hydrogen) atoms. The molecular formula is C20H15ClFN3O2S. The summed E-state index contributed by atoms with van der Waals surface area (Å²) in [5, 5.41) is 12.2. The molecule has 0 bridgehead atoms. The van der Waals surface area contributed by atoms with Crippen molar-refractivity contribution < 1.29 is 14.0 Å². The number of rotatable bonds is 4. The van der Waals surface area contributed by atoms with E-state index in [4.69, 9.17) is 11.6 Å². The number of nitrogens with one attached hydrogen (secondary N) is 1. The zero-order chi connectivity index (χ0) is 20.3. The van der Waals surface area contributed by atoms with Gasteiger partial charge in [-0.25, -0.2) is 4.39 Å². The van der Waals surface area contributed by atoms with Crippen molar-refractivity contribution in [1.82, 2.24) is 5.32 Å². The van der Waals surface area contributed by atoms with Crippen LogP contribution in [0.4, 0.5) is 10.1 Å². The van der Waals surface area contributed by atoms with Gasteiger partial charge in [0.25, 0.3) is 5.91 Å². The second kappa shape index (κ2) is 8.46. The van der Waals surface area contributed by atoms with E-state index < -0.39 is 17.0 Å². The van der Waals surface area contributed by atoms with Crippen molar-refractivity contribution >= 4 is 40.9 Å². The summed E-state index contributed by atoms with van der Waals surface area (Å²) in [6.07, 6.45) is 0.397. The smallest absolute Gasteiger partial charge is 0.264 e. The average molecular weight is 416 g/mol. The highest BCUT2D eigenvalue weighted by Gasteiger charge is 2.40. The van der Waals surface area contributed by atoms with Crippen LogP contribution < -0.4 is 10.2 Å². The topological polar surface area (TPSA) is 73.2 Å². The van der Waals surface area contributed by atoms with Gasteiger partial charge in [-0.05, 0) is 48.4 Å². The Bertz CT molecular complexity index is 984. The first-order valence-corrected chi connectivity index (χ1v) is 9.57.